The molecule has 2 N–H and O–H groups in total. The highest BCUT2D eigenvalue weighted by molar-refractivity contribution is 7.80. The zero-order valence-corrected chi connectivity index (χ0v) is 13.9. The summed E-state index contributed by atoms with van der Waals surface area (Å²) < 4.78 is 5.92. The summed E-state index contributed by atoms with van der Waals surface area (Å²) in [5, 5.41) is 0.613. The van der Waals surface area contributed by atoms with Crippen LogP contribution >= 0.6 is 23.8 Å². The number of hydrogen-bond donors (Lipinski definition) is 1. The van der Waals surface area contributed by atoms with Crippen LogP contribution in [0.15, 0.2) is 30.3 Å². The monoisotopic (exact) mass is 319 g/mol. The van der Waals surface area contributed by atoms with Crippen molar-refractivity contribution in [3.05, 3.63) is 63.2 Å². The second-order valence-corrected chi connectivity index (χ2v) is 6.01. The predicted octanol–water partition coefficient (Wildman–Crippen LogP) is 4.48. The van der Waals surface area contributed by atoms with Gasteiger partial charge in [-0.3, -0.25) is 0 Å². The highest BCUT2D eigenvalue weighted by atomic mass is 35.5. The van der Waals surface area contributed by atoms with Gasteiger partial charge < -0.3 is 10.5 Å². The molecule has 0 fully saturated rings. The van der Waals surface area contributed by atoms with Gasteiger partial charge in [0.15, 0.2) is 0 Å². The van der Waals surface area contributed by atoms with E-state index in [0.29, 0.717) is 16.6 Å². The Balaban J connectivity index is 2.19. The number of ether oxygens (including phenoxy) is 1. The van der Waals surface area contributed by atoms with Crippen LogP contribution in [-0.4, -0.2) is 4.99 Å². The molecule has 0 heterocycles. The molecule has 2 rings (SSSR count). The molecule has 0 aliphatic rings. The van der Waals surface area contributed by atoms with E-state index < -0.39 is 0 Å². The topological polar surface area (TPSA) is 35.2 Å². The van der Waals surface area contributed by atoms with Gasteiger partial charge in [0.05, 0.1) is 0 Å². The summed E-state index contributed by atoms with van der Waals surface area (Å²) in [5.74, 6) is 0.891. The van der Waals surface area contributed by atoms with Crippen molar-refractivity contribution in [2.24, 2.45) is 5.73 Å². The Hall–Kier alpha value is -1.58. The van der Waals surface area contributed by atoms with Gasteiger partial charge in [0, 0.05) is 16.1 Å². The zero-order valence-electron chi connectivity index (χ0n) is 12.4. The average Bonchev–Trinajstić information content (AvgIpc) is 2.42. The fourth-order valence-corrected chi connectivity index (χ4v) is 2.49. The molecule has 4 heteroatoms. The molecule has 0 aliphatic heterocycles. The first-order valence-corrected chi connectivity index (χ1v) is 7.46. The van der Waals surface area contributed by atoms with E-state index >= 15 is 0 Å². The van der Waals surface area contributed by atoms with Gasteiger partial charge in [0.2, 0.25) is 0 Å². The second-order valence-electron chi connectivity index (χ2n) is 5.16. The van der Waals surface area contributed by atoms with Crippen LogP contribution < -0.4 is 10.5 Å². The quantitative estimate of drug-likeness (QED) is 0.844. The number of benzene rings is 2. The lowest BCUT2D eigenvalue weighted by molar-refractivity contribution is 0.304. The standard InChI is InChI=1S/C17H18ClNOS/c1-10-6-11(2)12(3)16(7-10)20-9-14-5-4-13(17(19)21)8-15(14)18/h4-8H,9H2,1-3H3,(H2,19,21). The van der Waals surface area contributed by atoms with Crippen LogP contribution in [0.5, 0.6) is 5.75 Å². The van der Waals surface area contributed by atoms with Gasteiger partial charge in [-0.05, 0) is 49.6 Å². The van der Waals surface area contributed by atoms with Crippen molar-refractivity contribution < 1.29 is 4.74 Å². The molecule has 2 aromatic rings. The molecular weight excluding hydrogens is 302 g/mol. The third-order valence-electron chi connectivity index (χ3n) is 3.48. The molecule has 0 aliphatic carbocycles. The Bertz CT molecular complexity index is 697. The van der Waals surface area contributed by atoms with Crippen molar-refractivity contribution in [1.82, 2.24) is 0 Å². The minimum absolute atomic E-state index is 0.342. The highest BCUT2D eigenvalue weighted by Gasteiger charge is 2.07. The maximum atomic E-state index is 6.25. The molecule has 0 unspecified atom stereocenters. The Kier molecular flexibility index (Phi) is 4.86. The molecule has 110 valence electrons. The van der Waals surface area contributed by atoms with E-state index in [2.05, 4.69) is 26.8 Å². The summed E-state index contributed by atoms with van der Waals surface area (Å²) in [6.07, 6.45) is 0. The molecule has 0 radical (unpaired) electrons. The van der Waals surface area contributed by atoms with E-state index in [1.165, 1.54) is 11.1 Å². The van der Waals surface area contributed by atoms with Crippen LogP contribution in [0.25, 0.3) is 0 Å². The summed E-state index contributed by atoms with van der Waals surface area (Å²) >= 11 is 11.2. The first-order chi connectivity index (χ1) is 9.88. The number of thiocarbonyl (C=S) groups is 1. The van der Waals surface area contributed by atoms with Gasteiger partial charge >= 0.3 is 0 Å². The van der Waals surface area contributed by atoms with Crippen LogP contribution in [-0.2, 0) is 6.61 Å². The molecule has 2 nitrogen and oxygen atoms in total. The number of hydrogen-bond acceptors (Lipinski definition) is 2. The number of halogens is 1. The largest absolute Gasteiger partial charge is 0.489 e. The van der Waals surface area contributed by atoms with Crippen molar-refractivity contribution in [2.75, 3.05) is 0 Å². The molecule has 0 aromatic heterocycles. The fraction of sp³-hybridized carbons (Fsp3) is 0.235. The Morgan fingerprint density at radius 2 is 1.90 bits per heavy atom. The van der Waals surface area contributed by atoms with Gasteiger partial charge in [-0.25, -0.2) is 0 Å². The van der Waals surface area contributed by atoms with Crippen LogP contribution in [0.2, 0.25) is 5.02 Å². The van der Waals surface area contributed by atoms with E-state index in [1.807, 2.05) is 18.2 Å². The van der Waals surface area contributed by atoms with Crippen LogP contribution in [0.1, 0.15) is 27.8 Å². The summed E-state index contributed by atoms with van der Waals surface area (Å²) in [6, 6.07) is 9.72. The van der Waals surface area contributed by atoms with E-state index in [1.54, 1.807) is 6.07 Å². The van der Waals surface area contributed by atoms with Crippen molar-refractivity contribution in [2.45, 2.75) is 27.4 Å². The maximum absolute atomic E-state index is 6.25. The molecule has 0 atom stereocenters. The van der Waals surface area contributed by atoms with Crippen molar-refractivity contribution in [1.29, 1.82) is 0 Å². The molecule has 21 heavy (non-hydrogen) atoms. The summed E-state index contributed by atoms with van der Waals surface area (Å²) in [6.45, 7) is 6.62. The molecule has 0 bridgehead atoms. The normalized spacial score (nSPS) is 10.5. The highest BCUT2D eigenvalue weighted by Crippen LogP contribution is 2.26. The summed E-state index contributed by atoms with van der Waals surface area (Å²) in [4.78, 5) is 0.342. The average molecular weight is 320 g/mol. The second kappa shape index (κ2) is 6.46. The van der Waals surface area contributed by atoms with E-state index in [0.717, 1.165) is 22.4 Å². The Labute approximate surface area is 135 Å². The lowest BCUT2D eigenvalue weighted by Gasteiger charge is -2.13. The minimum Gasteiger partial charge on any atom is -0.489 e. The Morgan fingerprint density at radius 3 is 2.52 bits per heavy atom. The van der Waals surface area contributed by atoms with E-state index in [9.17, 15) is 0 Å². The first-order valence-electron chi connectivity index (χ1n) is 6.67. The number of nitrogens with two attached hydrogens (primary N) is 1. The van der Waals surface area contributed by atoms with E-state index in [-0.39, 0.29) is 0 Å². The number of rotatable bonds is 4. The number of aryl methyl sites for hydroxylation is 2. The Morgan fingerprint density at radius 1 is 1.19 bits per heavy atom. The smallest absolute Gasteiger partial charge is 0.123 e. The van der Waals surface area contributed by atoms with Crippen LogP contribution in [0.4, 0.5) is 0 Å². The molecule has 0 spiro atoms. The molecule has 0 amide bonds. The zero-order chi connectivity index (χ0) is 15.6. The molecule has 0 saturated heterocycles. The van der Waals surface area contributed by atoms with Gasteiger partial charge in [0.1, 0.15) is 17.3 Å². The van der Waals surface area contributed by atoms with Crippen LogP contribution in [0, 0.1) is 20.8 Å². The molecular formula is C17H18ClNOS. The van der Waals surface area contributed by atoms with Gasteiger partial charge in [-0.1, -0.05) is 42.0 Å². The van der Waals surface area contributed by atoms with Crippen molar-refractivity contribution in [3.63, 3.8) is 0 Å². The lowest BCUT2D eigenvalue weighted by atomic mass is 10.1. The third-order valence-corrected chi connectivity index (χ3v) is 4.07. The molecule has 0 saturated carbocycles. The predicted molar refractivity (Wildman–Crippen MR) is 92.3 cm³/mol. The van der Waals surface area contributed by atoms with Crippen LogP contribution in [0.3, 0.4) is 0 Å². The fourth-order valence-electron chi connectivity index (χ4n) is 2.12. The van der Waals surface area contributed by atoms with Crippen molar-refractivity contribution >= 4 is 28.8 Å². The first kappa shape index (κ1) is 15.8. The minimum atomic E-state index is 0.342. The summed E-state index contributed by atoms with van der Waals surface area (Å²) in [7, 11) is 0. The van der Waals surface area contributed by atoms with Crippen molar-refractivity contribution in [3.8, 4) is 5.75 Å². The van der Waals surface area contributed by atoms with Gasteiger partial charge in [-0.2, -0.15) is 0 Å². The van der Waals surface area contributed by atoms with Gasteiger partial charge in [-0.15, -0.1) is 0 Å². The summed E-state index contributed by atoms with van der Waals surface area (Å²) in [5.41, 5.74) is 10.8. The lowest BCUT2D eigenvalue weighted by Crippen LogP contribution is -2.09. The maximum Gasteiger partial charge on any atom is 0.123 e. The SMILES string of the molecule is Cc1cc(C)c(C)c(OCc2ccc(C(N)=S)cc2Cl)c1. The van der Waals surface area contributed by atoms with Gasteiger partial charge in [0.25, 0.3) is 0 Å². The van der Waals surface area contributed by atoms with E-state index in [4.69, 9.17) is 34.3 Å². The molecule has 2 aromatic carbocycles. The third kappa shape index (κ3) is 3.74.